The van der Waals surface area contributed by atoms with Crippen molar-refractivity contribution in [3.63, 3.8) is 0 Å². The maximum atomic E-state index is 14.1. The lowest BCUT2D eigenvalue weighted by molar-refractivity contribution is 0.415. The van der Waals surface area contributed by atoms with Crippen LogP contribution in [0.4, 0.5) is 10.1 Å². The second kappa shape index (κ2) is 9.04. The first-order chi connectivity index (χ1) is 16.9. The average molecular weight is 486 g/mol. The summed E-state index contributed by atoms with van der Waals surface area (Å²) in [6.45, 7) is 1.92. The van der Waals surface area contributed by atoms with E-state index in [-0.39, 0.29) is 16.6 Å². The Morgan fingerprint density at radius 2 is 1.49 bits per heavy atom. The third kappa shape index (κ3) is 4.21. The smallest absolute Gasteiger partial charge is 0.268 e. The minimum absolute atomic E-state index is 0.206. The fraction of sp³-hybridized carbons (Fsp3) is 0.103. The second-order valence-electron chi connectivity index (χ2n) is 8.45. The Labute approximate surface area is 205 Å². The van der Waals surface area contributed by atoms with Crippen LogP contribution in [0.2, 0.25) is 0 Å². The maximum absolute atomic E-state index is 14.1. The highest BCUT2D eigenvalue weighted by Gasteiger charge is 2.36. The molecule has 176 valence electrons. The van der Waals surface area contributed by atoms with Crippen LogP contribution in [0.5, 0.6) is 5.75 Å². The quantitative estimate of drug-likeness (QED) is 0.323. The number of benzene rings is 4. The van der Waals surface area contributed by atoms with Crippen molar-refractivity contribution in [1.29, 1.82) is 0 Å². The Bertz CT molecular complexity index is 1490. The van der Waals surface area contributed by atoms with Crippen LogP contribution in [0.15, 0.2) is 108 Å². The van der Waals surface area contributed by atoms with Crippen LogP contribution in [-0.2, 0) is 10.0 Å². The number of aryl methyl sites for hydroxylation is 1. The predicted octanol–water partition coefficient (Wildman–Crippen LogP) is 6.52. The van der Waals surface area contributed by atoms with Gasteiger partial charge in [-0.25, -0.2) is 17.1 Å². The number of rotatable bonds is 5. The summed E-state index contributed by atoms with van der Waals surface area (Å²) in [6.07, 6.45) is 1.93. The number of para-hydroxylation sites is 1. The standard InChI is InChI=1S/C29H24FNO3S/c1-20-7-17-25(18-8-20)35(32,33)31-28-6-4-3-5-26(28)27(21-9-13-23(30)14-10-21)19-29(31)22-11-15-24(34-2)16-12-22/h3-19,27H,1-2H3. The molecule has 5 rings (SSSR count). The van der Waals surface area contributed by atoms with Gasteiger partial charge >= 0.3 is 0 Å². The third-order valence-corrected chi connectivity index (χ3v) is 7.95. The van der Waals surface area contributed by atoms with E-state index in [2.05, 4.69) is 0 Å². The molecular formula is C29H24FNO3S. The van der Waals surface area contributed by atoms with Crippen molar-refractivity contribution in [3.05, 3.63) is 131 Å². The van der Waals surface area contributed by atoms with Crippen molar-refractivity contribution in [2.45, 2.75) is 17.7 Å². The molecule has 0 aromatic heterocycles. The summed E-state index contributed by atoms with van der Waals surface area (Å²) in [5, 5.41) is 0. The van der Waals surface area contributed by atoms with Crippen molar-refractivity contribution >= 4 is 21.4 Å². The number of sulfonamides is 1. The number of methoxy groups -OCH3 is 1. The monoisotopic (exact) mass is 485 g/mol. The maximum Gasteiger partial charge on any atom is 0.268 e. The fourth-order valence-electron chi connectivity index (χ4n) is 4.38. The lowest BCUT2D eigenvalue weighted by Crippen LogP contribution is -2.33. The number of ether oxygens (including phenoxy) is 1. The van der Waals surface area contributed by atoms with E-state index in [1.165, 1.54) is 16.4 Å². The van der Waals surface area contributed by atoms with Crippen LogP contribution in [0.1, 0.15) is 28.2 Å². The molecule has 1 aliphatic rings. The number of halogens is 1. The Morgan fingerprint density at radius 3 is 2.14 bits per heavy atom. The van der Waals surface area contributed by atoms with Gasteiger partial charge in [0.25, 0.3) is 10.0 Å². The highest BCUT2D eigenvalue weighted by Crippen LogP contribution is 2.45. The molecule has 0 bridgehead atoms. The molecule has 0 fully saturated rings. The van der Waals surface area contributed by atoms with Crippen LogP contribution in [0, 0.1) is 12.7 Å². The fourth-order valence-corrected chi connectivity index (χ4v) is 5.92. The lowest BCUT2D eigenvalue weighted by atomic mass is 9.86. The van der Waals surface area contributed by atoms with Gasteiger partial charge in [-0.2, -0.15) is 0 Å². The molecule has 1 aliphatic heterocycles. The molecule has 0 saturated carbocycles. The van der Waals surface area contributed by atoms with E-state index in [1.807, 2.05) is 49.4 Å². The normalized spacial score (nSPS) is 15.3. The van der Waals surface area contributed by atoms with Crippen molar-refractivity contribution in [3.8, 4) is 5.75 Å². The van der Waals surface area contributed by atoms with Gasteiger partial charge in [-0.3, -0.25) is 0 Å². The van der Waals surface area contributed by atoms with Gasteiger partial charge in [0.05, 0.1) is 23.4 Å². The highest BCUT2D eigenvalue weighted by atomic mass is 32.2. The molecule has 35 heavy (non-hydrogen) atoms. The molecule has 1 atom stereocenters. The van der Waals surface area contributed by atoms with Crippen LogP contribution < -0.4 is 9.04 Å². The zero-order valence-corrected chi connectivity index (χ0v) is 20.2. The molecule has 4 nitrogen and oxygen atoms in total. The first kappa shape index (κ1) is 22.9. The van der Waals surface area contributed by atoms with Crippen molar-refractivity contribution in [2.75, 3.05) is 11.4 Å². The number of hydrogen-bond donors (Lipinski definition) is 0. The zero-order chi connectivity index (χ0) is 24.6. The van der Waals surface area contributed by atoms with Gasteiger partial charge < -0.3 is 4.74 Å². The molecule has 0 saturated heterocycles. The minimum Gasteiger partial charge on any atom is -0.497 e. The second-order valence-corrected chi connectivity index (χ2v) is 10.2. The summed E-state index contributed by atoms with van der Waals surface area (Å²) < 4.78 is 48.5. The van der Waals surface area contributed by atoms with Gasteiger partial charge in [-0.15, -0.1) is 0 Å². The summed E-state index contributed by atoms with van der Waals surface area (Å²) in [5.41, 5.74) is 4.50. The summed E-state index contributed by atoms with van der Waals surface area (Å²) in [6, 6.07) is 27.9. The van der Waals surface area contributed by atoms with Gasteiger partial charge in [-0.05, 0) is 84.3 Å². The van der Waals surface area contributed by atoms with E-state index in [0.717, 1.165) is 22.3 Å². The SMILES string of the molecule is COc1ccc(C2=CC(c3ccc(F)cc3)c3ccccc3N2S(=O)(=O)c2ccc(C)cc2)cc1. The Balaban J connectivity index is 1.75. The molecule has 1 heterocycles. The van der Waals surface area contributed by atoms with Crippen LogP contribution in [0.3, 0.4) is 0 Å². The Hall–Kier alpha value is -3.90. The average Bonchev–Trinajstić information content (AvgIpc) is 2.88. The number of anilines is 1. The van der Waals surface area contributed by atoms with Gasteiger partial charge in [0.15, 0.2) is 0 Å². The summed E-state index contributed by atoms with van der Waals surface area (Å²) in [5.74, 6) is 0.0998. The number of fused-ring (bicyclic) bond motifs is 1. The molecular weight excluding hydrogens is 461 g/mol. The van der Waals surface area contributed by atoms with Gasteiger partial charge in [-0.1, -0.05) is 48.0 Å². The highest BCUT2D eigenvalue weighted by molar-refractivity contribution is 7.93. The largest absolute Gasteiger partial charge is 0.497 e. The van der Waals surface area contributed by atoms with Crippen LogP contribution >= 0.6 is 0 Å². The van der Waals surface area contributed by atoms with E-state index in [0.29, 0.717) is 17.1 Å². The Morgan fingerprint density at radius 1 is 0.829 bits per heavy atom. The molecule has 0 aliphatic carbocycles. The zero-order valence-electron chi connectivity index (χ0n) is 19.4. The predicted molar refractivity (Wildman–Crippen MR) is 136 cm³/mol. The lowest BCUT2D eigenvalue weighted by Gasteiger charge is -2.35. The summed E-state index contributed by atoms with van der Waals surface area (Å²) in [7, 11) is -2.36. The van der Waals surface area contributed by atoms with Crippen molar-refractivity contribution in [2.24, 2.45) is 0 Å². The van der Waals surface area contributed by atoms with Crippen molar-refractivity contribution < 1.29 is 17.5 Å². The molecule has 4 aromatic rings. The molecule has 0 radical (unpaired) electrons. The number of allylic oxidation sites excluding steroid dienone is 1. The molecule has 4 aromatic carbocycles. The van der Waals surface area contributed by atoms with E-state index in [9.17, 15) is 12.8 Å². The molecule has 1 unspecified atom stereocenters. The van der Waals surface area contributed by atoms with E-state index >= 15 is 0 Å². The third-order valence-electron chi connectivity index (χ3n) is 6.21. The summed E-state index contributed by atoms with van der Waals surface area (Å²) in [4.78, 5) is 0.206. The molecule has 0 amide bonds. The number of nitrogens with zero attached hydrogens (tertiary/aromatic N) is 1. The summed E-state index contributed by atoms with van der Waals surface area (Å²) >= 11 is 0. The van der Waals surface area contributed by atoms with Gasteiger partial charge in [0.2, 0.25) is 0 Å². The molecule has 6 heteroatoms. The van der Waals surface area contributed by atoms with E-state index < -0.39 is 10.0 Å². The minimum atomic E-state index is -3.94. The first-order valence-corrected chi connectivity index (χ1v) is 12.6. The van der Waals surface area contributed by atoms with Gasteiger partial charge in [0, 0.05) is 5.92 Å². The van der Waals surface area contributed by atoms with Crippen LogP contribution in [0.25, 0.3) is 5.70 Å². The Kier molecular flexibility index (Phi) is 5.91. The molecule has 0 N–H and O–H groups in total. The van der Waals surface area contributed by atoms with Crippen LogP contribution in [-0.4, -0.2) is 15.5 Å². The van der Waals surface area contributed by atoms with Gasteiger partial charge in [0.1, 0.15) is 11.6 Å². The van der Waals surface area contributed by atoms with E-state index in [1.54, 1.807) is 55.6 Å². The van der Waals surface area contributed by atoms with E-state index in [4.69, 9.17) is 4.74 Å². The first-order valence-electron chi connectivity index (χ1n) is 11.2. The molecule has 0 spiro atoms. The number of hydrogen-bond acceptors (Lipinski definition) is 3. The van der Waals surface area contributed by atoms with Crippen molar-refractivity contribution in [1.82, 2.24) is 0 Å². The topological polar surface area (TPSA) is 46.6 Å².